The highest BCUT2D eigenvalue weighted by atomic mass is 16.4. The molecule has 4 amide bonds. The van der Waals surface area contributed by atoms with Crippen LogP contribution in [0.1, 0.15) is 101 Å². The lowest BCUT2D eigenvalue weighted by Crippen LogP contribution is -2.57. The number of phenolic OH excluding ortho intramolecular Hbond substituents is 1. The van der Waals surface area contributed by atoms with Crippen molar-refractivity contribution in [3.8, 4) is 17.2 Å². The maximum Gasteiger partial charge on any atom is 0.286 e. The lowest BCUT2D eigenvalue weighted by Gasteiger charge is -2.31. The van der Waals surface area contributed by atoms with Gasteiger partial charge in [0.05, 0.1) is 6.04 Å². The van der Waals surface area contributed by atoms with E-state index in [1.165, 1.54) is 17.0 Å². The Hall–Kier alpha value is -5.14. The number of carbonyl (C=O) groups excluding carboxylic acids is 5. The van der Waals surface area contributed by atoms with Gasteiger partial charge in [0.15, 0.2) is 0 Å². The Morgan fingerprint density at radius 3 is 2.37 bits per heavy atom. The van der Waals surface area contributed by atoms with Gasteiger partial charge in [-0.15, -0.1) is 10.2 Å². The normalized spacial score (nSPS) is 15.8. The summed E-state index contributed by atoms with van der Waals surface area (Å²) in [5.41, 5.74) is 0.266. The molecular formula is C37H49N7O7. The molecule has 2 unspecified atom stereocenters. The maximum atomic E-state index is 13.8. The van der Waals surface area contributed by atoms with Gasteiger partial charge in [-0.2, -0.15) is 0 Å². The molecule has 0 saturated carbocycles. The number of nitrogens with zero attached hydrogens (tertiary/aromatic N) is 4. The molecule has 1 aromatic carbocycles. The van der Waals surface area contributed by atoms with Crippen LogP contribution in [0, 0.1) is 11.8 Å². The molecule has 3 atom stereocenters. The van der Waals surface area contributed by atoms with Crippen LogP contribution in [0.2, 0.25) is 0 Å². The molecule has 3 heterocycles. The van der Waals surface area contributed by atoms with Gasteiger partial charge in [0.2, 0.25) is 29.4 Å². The first-order chi connectivity index (χ1) is 24.2. The van der Waals surface area contributed by atoms with E-state index in [2.05, 4.69) is 31.1 Å². The molecule has 4 rings (SSSR count). The predicted molar refractivity (Wildman–Crippen MR) is 188 cm³/mol. The van der Waals surface area contributed by atoms with Crippen LogP contribution in [0.25, 0.3) is 11.5 Å². The van der Waals surface area contributed by atoms with Crippen molar-refractivity contribution in [1.82, 2.24) is 36.0 Å². The van der Waals surface area contributed by atoms with Gasteiger partial charge < -0.3 is 30.4 Å². The van der Waals surface area contributed by atoms with Gasteiger partial charge in [-0.05, 0) is 81.7 Å². The number of carbonyl (C=O) groups is 5. The molecule has 2 aromatic heterocycles. The number of hydrogen-bond acceptors (Lipinski definition) is 10. The van der Waals surface area contributed by atoms with Crippen LogP contribution in [0.3, 0.4) is 0 Å². The van der Waals surface area contributed by atoms with Crippen molar-refractivity contribution >= 4 is 29.4 Å². The van der Waals surface area contributed by atoms with Crippen molar-refractivity contribution in [3.63, 3.8) is 0 Å². The lowest BCUT2D eigenvalue weighted by atomic mass is 9.96. The molecule has 274 valence electrons. The van der Waals surface area contributed by atoms with E-state index in [0.29, 0.717) is 49.9 Å². The van der Waals surface area contributed by atoms with Crippen molar-refractivity contribution < 1.29 is 33.5 Å². The molecule has 0 aliphatic carbocycles. The highest BCUT2D eigenvalue weighted by Crippen LogP contribution is 2.24. The number of hydrogen-bond donors (Lipinski definition) is 4. The number of pyridine rings is 1. The summed E-state index contributed by atoms with van der Waals surface area (Å²) in [6, 6.07) is 8.67. The van der Waals surface area contributed by atoms with Crippen molar-refractivity contribution in [1.29, 1.82) is 0 Å². The number of likely N-dealkylation sites (tertiary alicyclic amines) is 1. The summed E-state index contributed by atoms with van der Waals surface area (Å²) in [6.45, 7) is 11.4. The number of nitrogens with one attached hydrogen (secondary N) is 3. The third kappa shape index (κ3) is 10.4. The summed E-state index contributed by atoms with van der Waals surface area (Å²) in [5, 5.41) is 26.3. The van der Waals surface area contributed by atoms with Gasteiger partial charge in [-0.3, -0.25) is 29.0 Å². The van der Waals surface area contributed by atoms with Gasteiger partial charge in [0, 0.05) is 30.3 Å². The minimum atomic E-state index is -0.999. The van der Waals surface area contributed by atoms with Gasteiger partial charge in [0.25, 0.3) is 11.8 Å². The third-order valence-electron chi connectivity index (χ3n) is 8.87. The Labute approximate surface area is 298 Å². The Morgan fingerprint density at radius 1 is 0.961 bits per heavy atom. The summed E-state index contributed by atoms with van der Waals surface area (Å²) >= 11 is 0. The first-order valence-electron chi connectivity index (χ1n) is 17.5. The van der Waals surface area contributed by atoms with E-state index in [4.69, 9.17) is 4.42 Å². The van der Waals surface area contributed by atoms with E-state index in [0.717, 1.165) is 0 Å². The summed E-state index contributed by atoms with van der Waals surface area (Å²) in [5.74, 6) is -2.75. The second-order valence-electron chi connectivity index (χ2n) is 14.3. The van der Waals surface area contributed by atoms with Crippen molar-refractivity contribution in [2.24, 2.45) is 11.8 Å². The number of rotatable bonds is 16. The quantitative estimate of drug-likeness (QED) is 0.125. The van der Waals surface area contributed by atoms with E-state index in [1.54, 1.807) is 50.4 Å². The van der Waals surface area contributed by atoms with Crippen LogP contribution >= 0.6 is 0 Å². The number of phenols is 1. The molecule has 51 heavy (non-hydrogen) atoms. The summed E-state index contributed by atoms with van der Waals surface area (Å²) < 4.78 is 5.60. The van der Waals surface area contributed by atoms with Crippen molar-refractivity contribution in [2.45, 2.75) is 104 Å². The second-order valence-corrected chi connectivity index (χ2v) is 14.3. The maximum absolute atomic E-state index is 13.8. The molecule has 1 saturated heterocycles. The minimum Gasteiger partial charge on any atom is -0.508 e. The zero-order chi connectivity index (χ0) is 37.3. The molecule has 1 aliphatic rings. The smallest absolute Gasteiger partial charge is 0.286 e. The summed E-state index contributed by atoms with van der Waals surface area (Å²) in [4.78, 5) is 72.0. The summed E-state index contributed by atoms with van der Waals surface area (Å²) in [6.07, 6.45) is 4.63. The highest BCUT2D eigenvalue weighted by molar-refractivity contribution is 6.00. The van der Waals surface area contributed by atoms with E-state index in [-0.39, 0.29) is 53.5 Å². The van der Waals surface area contributed by atoms with E-state index < -0.39 is 35.4 Å². The van der Waals surface area contributed by atoms with E-state index in [1.807, 2.05) is 27.7 Å². The first kappa shape index (κ1) is 38.7. The van der Waals surface area contributed by atoms with E-state index >= 15 is 0 Å². The lowest BCUT2D eigenvalue weighted by molar-refractivity contribution is -0.142. The number of benzene rings is 1. The largest absolute Gasteiger partial charge is 0.508 e. The standard InChI is InChI=1S/C37H49N7O7/c1-22(2)29(31(47)35-43-42-34(51-35)24-13-11-14-25(45)21-24)40-33(49)27-16-12-20-44(27)36(50)30(23(3)4)39-28(46)17-7-9-18-37(5,6)41-32(48)26-15-8-10-19-38-26/h8,10-11,13-15,19,21-23,27,29-30,45H,7,9,12,16-18,20H2,1-6H3,(H,39,46)(H,40,49)(H,41,48)/t27-,29?,30?/m0/s1. The topological polar surface area (TPSA) is 197 Å². The van der Waals surface area contributed by atoms with Crippen LogP contribution in [0.15, 0.2) is 53.1 Å². The van der Waals surface area contributed by atoms with Crippen molar-refractivity contribution in [3.05, 3.63) is 60.2 Å². The fourth-order valence-corrected chi connectivity index (χ4v) is 6.02. The van der Waals surface area contributed by atoms with Crippen LogP contribution in [0.4, 0.5) is 0 Å². The monoisotopic (exact) mass is 703 g/mol. The van der Waals surface area contributed by atoms with Gasteiger partial charge in [-0.25, -0.2) is 0 Å². The Bertz CT molecular complexity index is 1690. The molecular weight excluding hydrogens is 654 g/mol. The number of Topliss-reactive ketones (excluding diaryl/α,β-unsaturated/α-hetero) is 1. The summed E-state index contributed by atoms with van der Waals surface area (Å²) in [7, 11) is 0. The number of aromatic hydroxyl groups is 1. The molecule has 3 aromatic rings. The average Bonchev–Trinajstić information content (AvgIpc) is 3.79. The number of ketones is 1. The van der Waals surface area contributed by atoms with Crippen molar-refractivity contribution in [2.75, 3.05) is 6.54 Å². The van der Waals surface area contributed by atoms with Gasteiger partial charge in [-0.1, -0.05) is 46.2 Å². The SMILES string of the molecule is CC(C)C(NC(=O)[C@@H]1CCCN1C(=O)C(NC(=O)CCCCC(C)(C)NC(=O)c1ccccn1)C(C)C)C(=O)c1nnc(-c2cccc(O)c2)o1. The van der Waals surface area contributed by atoms with Crippen LogP contribution in [0.5, 0.6) is 5.75 Å². The molecule has 1 fully saturated rings. The second kappa shape index (κ2) is 17.2. The number of amides is 4. The Balaban J connectivity index is 1.31. The zero-order valence-electron chi connectivity index (χ0n) is 30.1. The zero-order valence-corrected chi connectivity index (χ0v) is 30.1. The predicted octanol–water partition coefficient (Wildman–Crippen LogP) is 4.06. The van der Waals surface area contributed by atoms with Crippen LogP contribution < -0.4 is 16.0 Å². The van der Waals surface area contributed by atoms with E-state index in [9.17, 15) is 29.1 Å². The third-order valence-corrected chi connectivity index (χ3v) is 8.87. The van der Waals surface area contributed by atoms with Gasteiger partial charge >= 0.3 is 0 Å². The molecule has 0 radical (unpaired) electrons. The fraction of sp³-hybridized carbons (Fsp3) is 0.514. The Morgan fingerprint density at radius 2 is 1.71 bits per heavy atom. The number of unbranched alkanes of at least 4 members (excludes halogenated alkanes) is 1. The average molecular weight is 704 g/mol. The van der Waals surface area contributed by atoms with Gasteiger partial charge in [0.1, 0.15) is 23.5 Å². The van der Waals surface area contributed by atoms with Crippen LogP contribution in [-0.2, 0) is 14.4 Å². The Kier molecular flexibility index (Phi) is 13.0. The number of aromatic nitrogens is 3. The highest BCUT2D eigenvalue weighted by Gasteiger charge is 2.40. The molecule has 0 bridgehead atoms. The van der Waals surface area contributed by atoms with Crippen LogP contribution in [-0.4, -0.2) is 84.8 Å². The molecule has 4 N–H and O–H groups in total. The molecule has 14 nitrogen and oxygen atoms in total. The minimum absolute atomic E-state index is 0.00128. The molecule has 1 aliphatic heterocycles. The molecule has 0 spiro atoms. The first-order valence-corrected chi connectivity index (χ1v) is 17.5. The molecule has 14 heteroatoms. The fourth-order valence-electron chi connectivity index (χ4n) is 6.02.